The van der Waals surface area contributed by atoms with Crippen LogP contribution in [0.4, 0.5) is 5.69 Å². The van der Waals surface area contributed by atoms with E-state index in [1.54, 1.807) is 0 Å². The molecule has 1 aromatic rings. The maximum absolute atomic E-state index is 12.0. The van der Waals surface area contributed by atoms with Crippen LogP contribution in [0, 0.1) is 0 Å². The Morgan fingerprint density at radius 2 is 2.14 bits per heavy atom. The number of rotatable bonds is 5. The van der Waals surface area contributed by atoms with Crippen LogP contribution in [0.3, 0.4) is 0 Å². The van der Waals surface area contributed by atoms with E-state index in [2.05, 4.69) is 17.1 Å². The third kappa shape index (κ3) is 5.63. The molecule has 1 amide bonds. The zero-order valence-corrected chi connectivity index (χ0v) is 13.2. The maximum atomic E-state index is 12.0. The van der Waals surface area contributed by atoms with Crippen molar-refractivity contribution in [2.45, 2.75) is 19.4 Å². The van der Waals surface area contributed by atoms with Gasteiger partial charge in [0.05, 0.1) is 19.3 Å². The minimum absolute atomic E-state index is 0. The summed E-state index contributed by atoms with van der Waals surface area (Å²) in [4.78, 5) is 14.1. The van der Waals surface area contributed by atoms with Crippen LogP contribution in [0.1, 0.15) is 12.5 Å². The predicted octanol–water partition coefficient (Wildman–Crippen LogP) is 1.27. The fourth-order valence-corrected chi connectivity index (χ4v) is 2.29. The van der Waals surface area contributed by atoms with Crippen molar-refractivity contribution < 1.29 is 9.53 Å². The van der Waals surface area contributed by atoms with Gasteiger partial charge in [0.2, 0.25) is 5.91 Å². The first-order valence-electron chi connectivity index (χ1n) is 7.14. The molecule has 6 heteroatoms. The van der Waals surface area contributed by atoms with Crippen LogP contribution in [-0.2, 0) is 16.0 Å². The fraction of sp³-hybridized carbons (Fsp3) is 0.533. The first-order valence-corrected chi connectivity index (χ1v) is 7.14. The zero-order valence-electron chi connectivity index (χ0n) is 12.4. The molecule has 1 aliphatic heterocycles. The summed E-state index contributed by atoms with van der Waals surface area (Å²) in [5.41, 5.74) is 7.70. The number of hydrogen-bond donors (Lipinski definition) is 2. The van der Waals surface area contributed by atoms with E-state index in [0.29, 0.717) is 19.7 Å². The van der Waals surface area contributed by atoms with E-state index >= 15 is 0 Å². The van der Waals surface area contributed by atoms with Gasteiger partial charge in [-0.15, -0.1) is 12.4 Å². The van der Waals surface area contributed by atoms with Gasteiger partial charge in [-0.3, -0.25) is 9.69 Å². The molecule has 1 aromatic carbocycles. The molecule has 0 bridgehead atoms. The van der Waals surface area contributed by atoms with E-state index in [1.165, 1.54) is 5.56 Å². The molecule has 1 fully saturated rings. The van der Waals surface area contributed by atoms with Crippen LogP contribution < -0.4 is 11.1 Å². The number of hydrogen-bond acceptors (Lipinski definition) is 4. The molecule has 0 saturated carbocycles. The lowest BCUT2D eigenvalue weighted by Gasteiger charge is -2.31. The molecule has 1 heterocycles. The Kier molecular flexibility index (Phi) is 7.67. The second kappa shape index (κ2) is 9.00. The second-order valence-electron chi connectivity index (χ2n) is 5.06. The molecule has 1 atom stereocenters. The highest BCUT2D eigenvalue weighted by Crippen LogP contribution is 2.10. The number of halogens is 1. The zero-order chi connectivity index (χ0) is 14.4. The van der Waals surface area contributed by atoms with Crippen molar-refractivity contribution in [2.24, 2.45) is 5.73 Å². The molecule has 0 aliphatic carbocycles. The number of aryl methyl sites for hydroxylation is 1. The van der Waals surface area contributed by atoms with Gasteiger partial charge < -0.3 is 15.8 Å². The normalized spacial score (nSPS) is 18.9. The summed E-state index contributed by atoms with van der Waals surface area (Å²) >= 11 is 0. The summed E-state index contributed by atoms with van der Waals surface area (Å²) in [6.45, 7) is 5.13. The summed E-state index contributed by atoms with van der Waals surface area (Å²) in [7, 11) is 0. The molecule has 21 heavy (non-hydrogen) atoms. The number of amides is 1. The summed E-state index contributed by atoms with van der Waals surface area (Å²) in [6, 6.07) is 7.96. The Labute approximate surface area is 132 Å². The first kappa shape index (κ1) is 17.9. The van der Waals surface area contributed by atoms with Gasteiger partial charge in [-0.25, -0.2) is 0 Å². The molecule has 118 valence electrons. The Bertz CT molecular complexity index is 439. The van der Waals surface area contributed by atoms with Crippen molar-refractivity contribution in [1.29, 1.82) is 0 Å². The van der Waals surface area contributed by atoms with Crippen molar-refractivity contribution in [2.75, 3.05) is 38.1 Å². The van der Waals surface area contributed by atoms with Crippen molar-refractivity contribution in [3.63, 3.8) is 0 Å². The maximum Gasteiger partial charge on any atom is 0.238 e. The molecular formula is C15H24ClN3O2. The number of carbonyl (C=O) groups excluding carboxylic acids is 1. The van der Waals surface area contributed by atoms with Crippen LogP contribution >= 0.6 is 12.4 Å². The van der Waals surface area contributed by atoms with Gasteiger partial charge in [0, 0.05) is 25.3 Å². The summed E-state index contributed by atoms with van der Waals surface area (Å²) in [6.07, 6.45) is 1.04. The summed E-state index contributed by atoms with van der Waals surface area (Å²) in [5.74, 6) is 0.00641. The van der Waals surface area contributed by atoms with Gasteiger partial charge in [0.15, 0.2) is 0 Å². The summed E-state index contributed by atoms with van der Waals surface area (Å²) < 4.78 is 5.48. The average Bonchev–Trinajstić information content (AvgIpc) is 2.48. The van der Waals surface area contributed by atoms with Crippen molar-refractivity contribution in [1.82, 2.24) is 4.90 Å². The van der Waals surface area contributed by atoms with E-state index in [1.807, 2.05) is 24.3 Å². The Morgan fingerprint density at radius 1 is 1.43 bits per heavy atom. The Balaban J connectivity index is 0.00000220. The van der Waals surface area contributed by atoms with Gasteiger partial charge in [-0.2, -0.15) is 0 Å². The third-order valence-electron chi connectivity index (χ3n) is 3.50. The standard InChI is InChI=1S/C15H23N3O2.ClH/c1-2-12-3-5-13(6-4-12)17-15(19)11-18-7-8-20-14(9-16)10-18;/h3-6,14H,2,7-11,16H2,1H3,(H,17,19);1H. The molecular weight excluding hydrogens is 290 g/mol. The lowest BCUT2D eigenvalue weighted by Crippen LogP contribution is -2.48. The highest BCUT2D eigenvalue weighted by molar-refractivity contribution is 5.92. The second-order valence-corrected chi connectivity index (χ2v) is 5.06. The molecule has 2 rings (SSSR count). The van der Waals surface area contributed by atoms with Crippen LogP contribution in [0.15, 0.2) is 24.3 Å². The molecule has 0 spiro atoms. The average molecular weight is 314 g/mol. The molecule has 5 nitrogen and oxygen atoms in total. The quantitative estimate of drug-likeness (QED) is 0.859. The van der Waals surface area contributed by atoms with E-state index in [0.717, 1.165) is 25.2 Å². The number of anilines is 1. The van der Waals surface area contributed by atoms with Crippen molar-refractivity contribution in [3.05, 3.63) is 29.8 Å². The van der Waals surface area contributed by atoms with Crippen LogP contribution in [-0.4, -0.2) is 49.7 Å². The number of ether oxygens (including phenoxy) is 1. The SMILES string of the molecule is CCc1ccc(NC(=O)CN2CCOC(CN)C2)cc1.Cl. The van der Waals surface area contributed by atoms with Crippen LogP contribution in [0.5, 0.6) is 0 Å². The van der Waals surface area contributed by atoms with Gasteiger partial charge in [-0.1, -0.05) is 19.1 Å². The van der Waals surface area contributed by atoms with Crippen molar-refractivity contribution in [3.8, 4) is 0 Å². The minimum Gasteiger partial charge on any atom is -0.374 e. The topological polar surface area (TPSA) is 67.6 Å². The lowest BCUT2D eigenvalue weighted by molar-refractivity contribution is -0.119. The van der Waals surface area contributed by atoms with Gasteiger partial charge in [0.25, 0.3) is 0 Å². The van der Waals surface area contributed by atoms with Gasteiger partial charge in [-0.05, 0) is 24.1 Å². The monoisotopic (exact) mass is 313 g/mol. The smallest absolute Gasteiger partial charge is 0.238 e. The largest absolute Gasteiger partial charge is 0.374 e. The molecule has 0 aromatic heterocycles. The number of nitrogens with one attached hydrogen (secondary N) is 1. The third-order valence-corrected chi connectivity index (χ3v) is 3.50. The van der Waals surface area contributed by atoms with E-state index in [4.69, 9.17) is 10.5 Å². The number of carbonyl (C=O) groups is 1. The van der Waals surface area contributed by atoms with E-state index in [-0.39, 0.29) is 24.4 Å². The number of benzene rings is 1. The lowest BCUT2D eigenvalue weighted by atomic mass is 10.1. The van der Waals surface area contributed by atoms with Crippen LogP contribution in [0.25, 0.3) is 0 Å². The predicted molar refractivity (Wildman–Crippen MR) is 86.9 cm³/mol. The number of nitrogens with zero attached hydrogens (tertiary/aromatic N) is 1. The van der Waals surface area contributed by atoms with Gasteiger partial charge in [0.1, 0.15) is 0 Å². The molecule has 3 N–H and O–H groups in total. The molecule has 1 unspecified atom stereocenters. The summed E-state index contributed by atoms with van der Waals surface area (Å²) in [5, 5.41) is 2.92. The first-order chi connectivity index (χ1) is 9.71. The highest BCUT2D eigenvalue weighted by Gasteiger charge is 2.20. The Hall–Kier alpha value is -1.14. The van der Waals surface area contributed by atoms with E-state index in [9.17, 15) is 4.79 Å². The molecule has 1 saturated heterocycles. The number of nitrogens with two attached hydrogens (primary N) is 1. The van der Waals surface area contributed by atoms with E-state index < -0.39 is 0 Å². The number of morpholine rings is 1. The highest BCUT2D eigenvalue weighted by atomic mass is 35.5. The molecule has 0 radical (unpaired) electrons. The Morgan fingerprint density at radius 3 is 2.76 bits per heavy atom. The van der Waals surface area contributed by atoms with Gasteiger partial charge >= 0.3 is 0 Å². The fourth-order valence-electron chi connectivity index (χ4n) is 2.29. The van der Waals surface area contributed by atoms with Crippen molar-refractivity contribution >= 4 is 24.0 Å². The van der Waals surface area contributed by atoms with Crippen LogP contribution in [0.2, 0.25) is 0 Å². The minimum atomic E-state index is 0. The molecule has 1 aliphatic rings.